The topological polar surface area (TPSA) is 66.5 Å². The van der Waals surface area contributed by atoms with Crippen molar-refractivity contribution in [3.8, 4) is 0 Å². The number of nitrogens with one attached hydrogen (secondary N) is 1. The average Bonchev–Trinajstić information content (AvgIpc) is 2.63. The second-order valence-electron chi connectivity index (χ2n) is 6.13. The van der Waals surface area contributed by atoms with Crippen molar-refractivity contribution in [2.45, 2.75) is 22.3 Å². The molecule has 0 aliphatic carbocycles. The van der Waals surface area contributed by atoms with Crippen molar-refractivity contribution in [2.24, 2.45) is 0 Å². The Labute approximate surface area is 160 Å². The van der Waals surface area contributed by atoms with E-state index in [0.29, 0.717) is 22.6 Å². The zero-order chi connectivity index (χ0) is 19.6. The van der Waals surface area contributed by atoms with E-state index in [9.17, 15) is 22.0 Å². The summed E-state index contributed by atoms with van der Waals surface area (Å²) in [5.74, 6) is -0.707. The van der Waals surface area contributed by atoms with Crippen molar-refractivity contribution in [1.82, 2.24) is 9.62 Å². The number of halogens is 2. The Morgan fingerprint density at radius 2 is 1.93 bits per heavy atom. The number of fused-ring (bicyclic) bond motifs is 1. The van der Waals surface area contributed by atoms with Crippen LogP contribution in [0.2, 0.25) is 0 Å². The molecule has 0 saturated heterocycles. The van der Waals surface area contributed by atoms with Gasteiger partial charge in [-0.3, -0.25) is 4.79 Å². The lowest BCUT2D eigenvalue weighted by Crippen LogP contribution is -2.40. The molecule has 1 aliphatic rings. The summed E-state index contributed by atoms with van der Waals surface area (Å²) in [5, 5.41) is 2.78. The maximum absolute atomic E-state index is 13.9. The molecule has 1 N–H and O–H groups in total. The van der Waals surface area contributed by atoms with Crippen LogP contribution in [0.5, 0.6) is 0 Å². The number of carbonyl (C=O) groups is 1. The zero-order valence-corrected chi connectivity index (χ0v) is 16.1. The highest BCUT2D eigenvalue weighted by atomic mass is 32.2. The molecule has 9 heteroatoms. The van der Waals surface area contributed by atoms with Gasteiger partial charge in [-0.05, 0) is 42.3 Å². The van der Waals surface area contributed by atoms with Crippen LogP contribution >= 0.6 is 11.8 Å². The molecule has 144 valence electrons. The number of amides is 1. The molecule has 0 unspecified atom stereocenters. The third kappa shape index (κ3) is 4.31. The first-order chi connectivity index (χ1) is 12.8. The lowest BCUT2D eigenvalue weighted by Gasteiger charge is -2.27. The van der Waals surface area contributed by atoms with E-state index in [1.165, 1.54) is 24.9 Å². The van der Waals surface area contributed by atoms with E-state index >= 15 is 0 Å². The number of benzene rings is 2. The lowest BCUT2D eigenvalue weighted by molar-refractivity contribution is -0.121. The molecular weight excluding hydrogens is 394 g/mol. The molecule has 1 amide bonds. The quantitative estimate of drug-likeness (QED) is 0.820. The molecule has 3 rings (SSSR count). The molecule has 0 spiro atoms. The van der Waals surface area contributed by atoms with Gasteiger partial charge in [0.2, 0.25) is 15.9 Å². The maximum atomic E-state index is 13.9. The van der Waals surface area contributed by atoms with E-state index in [1.54, 1.807) is 12.1 Å². The Balaban J connectivity index is 1.70. The van der Waals surface area contributed by atoms with Gasteiger partial charge < -0.3 is 5.32 Å². The Morgan fingerprint density at radius 3 is 2.63 bits per heavy atom. The van der Waals surface area contributed by atoms with Crippen LogP contribution in [-0.2, 0) is 14.8 Å². The first-order valence-electron chi connectivity index (χ1n) is 8.21. The van der Waals surface area contributed by atoms with Crippen LogP contribution in [0, 0.1) is 11.6 Å². The van der Waals surface area contributed by atoms with E-state index in [1.807, 2.05) is 0 Å². The summed E-state index contributed by atoms with van der Waals surface area (Å²) in [6.45, 7) is -0.395. The number of carbonyl (C=O) groups excluding carboxylic acids is 1. The Morgan fingerprint density at radius 1 is 1.22 bits per heavy atom. The summed E-state index contributed by atoms with van der Waals surface area (Å²) in [4.78, 5) is 12.8. The molecular formula is C18H18F2N2O3S2. The van der Waals surface area contributed by atoms with Gasteiger partial charge in [-0.15, -0.1) is 11.8 Å². The standard InChI is InChI=1S/C18H18F2N2O3S2/c1-22(27(24,25)13-7-5-12(19)6-8-13)11-17(23)21-16-9-10-26-18-14(16)3-2-4-15(18)20/h2-8,16H,9-11H2,1H3,(H,21,23)/t16-/m0/s1. The minimum absolute atomic E-state index is 0.0966. The van der Waals surface area contributed by atoms with Crippen molar-refractivity contribution in [3.63, 3.8) is 0 Å². The predicted molar refractivity (Wildman–Crippen MR) is 98.8 cm³/mol. The van der Waals surface area contributed by atoms with Crippen molar-refractivity contribution < 1.29 is 22.0 Å². The molecule has 0 fully saturated rings. The fourth-order valence-corrected chi connectivity index (χ4v) is 5.12. The molecule has 2 aromatic rings. The molecule has 0 aromatic heterocycles. The number of hydrogen-bond acceptors (Lipinski definition) is 4. The van der Waals surface area contributed by atoms with E-state index in [4.69, 9.17) is 0 Å². The second kappa shape index (κ2) is 7.95. The molecule has 5 nitrogen and oxygen atoms in total. The molecule has 0 radical (unpaired) electrons. The van der Waals surface area contributed by atoms with Gasteiger partial charge in [0.15, 0.2) is 0 Å². The molecule has 1 aliphatic heterocycles. The van der Waals surface area contributed by atoms with Crippen molar-refractivity contribution >= 4 is 27.7 Å². The smallest absolute Gasteiger partial charge is 0.243 e. The molecule has 1 atom stereocenters. The average molecular weight is 412 g/mol. The van der Waals surface area contributed by atoms with Crippen molar-refractivity contribution in [2.75, 3.05) is 19.3 Å². The van der Waals surface area contributed by atoms with Crippen LogP contribution in [0.1, 0.15) is 18.0 Å². The van der Waals surface area contributed by atoms with Crippen LogP contribution < -0.4 is 5.32 Å². The van der Waals surface area contributed by atoms with Gasteiger partial charge in [0, 0.05) is 17.7 Å². The summed E-state index contributed by atoms with van der Waals surface area (Å²) >= 11 is 1.40. The van der Waals surface area contributed by atoms with Gasteiger partial charge in [-0.2, -0.15) is 4.31 Å². The summed E-state index contributed by atoms with van der Waals surface area (Å²) < 4.78 is 52.8. The monoisotopic (exact) mass is 412 g/mol. The van der Waals surface area contributed by atoms with E-state index < -0.39 is 28.3 Å². The Bertz CT molecular complexity index is 950. The summed E-state index contributed by atoms with van der Waals surface area (Å²) in [6, 6.07) is 8.74. The Kier molecular flexibility index (Phi) is 5.83. The second-order valence-corrected chi connectivity index (χ2v) is 9.28. The third-order valence-corrected chi connectivity index (χ3v) is 7.23. The number of sulfonamides is 1. The van der Waals surface area contributed by atoms with Crippen LogP contribution in [0.25, 0.3) is 0 Å². The van der Waals surface area contributed by atoms with Gasteiger partial charge >= 0.3 is 0 Å². The van der Waals surface area contributed by atoms with E-state index in [2.05, 4.69) is 5.32 Å². The molecule has 2 aromatic carbocycles. The first kappa shape index (κ1) is 19.8. The highest BCUT2D eigenvalue weighted by Gasteiger charge is 2.27. The van der Waals surface area contributed by atoms with Crippen molar-refractivity contribution in [3.05, 3.63) is 59.7 Å². The van der Waals surface area contributed by atoms with Crippen molar-refractivity contribution in [1.29, 1.82) is 0 Å². The number of rotatable bonds is 5. The van der Waals surface area contributed by atoms with Gasteiger partial charge in [-0.25, -0.2) is 17.2 Å². The van der Waals surface area contributed by atoms with Crippen LogP contribution in [0.3, 0.4) is 0 Å². The van der Waals surface area contributed by atoms with Gasteiger partial charge in [0.05, 0.1) is 17.5 Å². The van der Waals surface area contributed by atoms with E-state index in [0.717, 1.165) is 28.6 Å². The third-order valence-electron chi connectivity index (χ3n) is 4.25. The van der Waals surface area contributed by atoms with Crippen LogP contribution in [0.15, 0.2) is 52.3 Å². The Hall–Kier alpha value is -1.97. The zero-order valence-electron chi connectivity index (χ0n) is 14.5. The highest BCUT2D eigenvalue weighted by molar-refractivity contribution is 7.99. The number of thioether (sulfide) groups is 1. The summed E-state index contributed by atoms with van der Waals surface area (Å²) in [7, 11) is -2.64. The molecule has 27 heavy (non-hydrogen) atoms. The van der Waals surface area contributed by atoms with E-state index in [-0.39, 0.29) is 16.8 Å². The molecule has 0 bridgehead atoms. The SMILES string of the molecule is CN(CC(=O)N[C@H]1CCSc2c(F)cccc21)S(=O)(=O)c1ccc(F)cc1. The minimum atomic E-state index is -3.92. The number of hydrogen-bond donors (Lipinski definition) is 1. The van der Waals surface area contributed by atoms with Crippen LogP contribution in [0.4, 0.5) is 8.78 Å². The largest absolute Gasteiger partial charge is 0.348 e. The maximum Gasteiger partial charge on any atom is 0.243 e. The first-order valence-corrected chi connectivity index (χ1v) is 10.6. The number of likely N-dealkylation sites (N-methyl/N-ethyl adjacent to an activating group) is 1. The van der Waals surface area contributed by atoms with Gasteiger partial charge in [0.1, 0.15) is 11.6 Å². The predicted octanol–water partition coefficient (Wildman–Crippen LogP) is 2.94. The van der Waals surface area contributed by atoms with Crippen LogP contribution in [-0.4, -0.2) is 38.0 Å². The van der Waals surface area contributed by atoms with Gasteiger partial charge in [-0.1, -0.05) is 12.1 Å². The van der Waals surface area contributed by atoms with Gasteiger partial charge in [0.25, 0.3) is 0 Å². The normalized spacial score (nSPS) is 16.8. The fourth-order valence-electron chi connectivity index (χ4n) is 2.85. The summed E-state index contributed by atoms with van der Waals surface area (Å²) in [5.41, 5.74) is 0.698. The fraction of sp³-hybridized carbons (Fsp3) is 0.278. The minimum Gasteiger partial charge on any atom is -0.348 e. The number of nitrogens with zero attached hydrogens (tertiary/aromatic N) is 1. The molecule has 1 heterocycles. The lowest BCUT2D eigenvalue weighted by atomic mass is 10.0. The highest BCUT2D eigenvalue weighted by Crippen LogP contribution is 2.37. The summed E-state index contributed by atoms with van der Waals surface area (Å²) in [6.07, 6.45) is 0.626. The molecule has 0 saturated carbocycles.